The first kappa shape index (κ1) is 12.9. The van der Waals surface area contributed by atoms with Crippen molar-refractivity contribution in [1.29, 1.82) is 5.26 Å². The van der Waals surface area contributed by atoms with Crippen LogP contribution < -0.4 is 0 Å². The summed E-state index contributed by atoms with van der Waals surface area (Å²) < 4.78 is 9.96. The molecule has 1 N–H and O–H groups in total. The summed E-state index contributed by atoms with van der Waals surface area (Å²) in [4.78, 5) is 11.3. The molecule has 5 heteroatoms. The minimum atomic E-state index is -1.27. The van der Waals surface area contributed by atoms with Crippen molar-refractivity contribution in [3.63, 3.8) is 0 Å². The lowest BCUT2D eigenvalue weighted by atomic mass is 10.1. The zero-order valence-electron chi connectivity index (χ0n) is 10.2. The van der Waals surface area contributed by atoms with E-state index in [4.69, 9.17) is 9.68 Å². The van der Waals surface area contributed by atoms with Crippen molar-refractivity contribution in [2.75, 3.05) is 7.11 Å². The van der Waals surface area contributed by atoms with Crippen LogP contribution in [0.4, 0.5) is 0 Å². The molecule has 1 aromatic carbocycles. The SMILES string of the molecule is COC(=O)c1ccc(-c2ccc([C@H](O)C#N)o2)cc1. The van der Waals surface area contributed by atoms with Crippen LogP contribution in [0.1, 0.15) is 22.2 Å². The number of carbonyl (C=O) groups is 1. The van der Waals surface area contributed by atoms with Crippen LogP contribution in [-0.2, 0) is 4.74 Å². The standard InChI is InChI=1S/C14H11NO4/c1-18-14(17)10-4-2-9(3-5-10)12-6-7-13(19-12)11(16)8-15/h2-7,11,16H,1H3/t11-/m1/s1. The molecule has 0 bridgehead atoms. The molecule has 96 valence electrons. The Balaban J connectivity index is 2.25. The van der Waals surface area contributed by atoms with Crippen LogP contribution in [0.2, 0.25) is 0 Å². The second kappa shape index (κ2) is 5.38. The van der Waals surface area contributed by atoms with Crippen LogP contribution in [0.5, 0.6) is 0 Å². The third kappa shape index (κ3) is 2.64. The van der Waals surface area contributed by atoms with Crippen LogP contribution in [-0.4, -0.2) is 18.2 Å². The van der Waals surface area contributed by atoms with Gasteiger partial charge in [-0.05, 0) is 24.3 Å². The lowest BCUT2D eigenvalue weighted by Crippen LogP contribution is -2.00. The summed E-state index contributed by atoms with van der Waals surface area (Å²) in [6.07, 6.45) is -1.27. The van der Waals surface area contributed by atoms with E-state index in [0.717, 1.165) is 5.56 Å². The zero-order chi connectivity index (χ0) is 13.8. The van der Waals surface area contributed by atoms with Gasteiger partial charge in [-0.25, -0.2) is 4.79 Å². The summed E-state index contributed by atoms with van der Waals surface area (Å²) in [5.41, 5.74) is 1.18. The van der Waals surface area contributed by atoms with E-state index in [9.17, 15) is 9.90 Å². The Bertz CT molecular complexity index is 622. The maximum Gasteiger partial charge on any atom is 0.337 e. The number of carbonyl (C=O) groups excluding carboxylic acids is 1. The number of nitrogens with zero attached hydrogens (tertiary/aromatic N) is 1. The molecule has 0 aliphatic carbocycles. The molecule has 1 heterocycles. The molecule has 0 spiro atoms. The van der Waals surface area contributed by atoms with E-state index >= 15 is 0 Å². The Kier molecular flexibility index (Phi) is 3.64. The minimum absolute atomic E-state index is 0.189. The fraction of sp³-hybridized carbons (Fsp3) is 0.143. The first-order valence-corrected chi connectivity index (χ1v) is 5.52. The number of aliphatic hydroxyl groups excluding tert-OH is 1. The van der Waals surface area contributed by atoms with Gasteiger partial charge in [0.05, 0.1) is 12.7 Å². The molecule has 0 radical (unpaired) electrons. The molecule has 0 saturated carbocycles. The van der Waals surface area contributed by atoms with Crippen LogP contribution >= 0.6 is 0 Å². The van der Waals surface area contributed by atoms with Gasteiger partial charge in [0, 0.05) is 5.56 Å². The molecule has 1 aromatic heterocycles. The Morgan fingerprint density at radius 3 is 2.58 bits per heavy atom. The quantitative estimate of drug-likeness (QED) is 0.673. The number of benzene rings is 1. The van der Waals surface area contributed by atoms with Crippen LogP contribution in [0.25, 0.3) is 11.3 Å². The van der Waals surface area contributed by atoms with Crippen molar-refractivity contribution >= 4 is 5.97 Å². The predicted octanol–water partition coefficient (Wildman–Crippen LogP) is 2.29. The minimum Gasteiger partial charge on any atom is -0.465 e. The van der Waals surface area contributed by atoms with E-state index in [1.807, 2.05) is 0 Å². The van der Waals surface area contributed by atoms with E-state index in [2.05, 4.69) is 4.74 Å². The molecule has 2 rings (SSSR count). The highest BCUT2D eigenvalue weighted by Crippen LogP contribution is 2.25. The summed E-state index contributed by atoms with van der Waals surface area (Å²) in [7, 11) is 1.32. The molecule has 0 fully saturated rings. The lowest BCUT2D eigenvalue weighted by molar-refractivity contribution is 0.0601. The third-order valence-corrected chi connectivity index (χ3v) is 2.61. The number of furan rings is 1. The van der Waals surface area contributed by atoms with Crippen molar-refractivity contribution in [2.24, 2.45) is 0 Å². The fourth-order valence-electron chi connectivity index (χ4n) is 1.61. The van der Waals surface area contributed by atoms with E-state index in [1.165, 1.54) is 13.2 Å². The monoisotopic (exact) mass is 257 g/mol. The normalized spacial score (nSPS) is 11.6. The first-order chi connectivity index (χ1) is 9.15. The fourth-order valence-corrected chi connectivity index (χ4v) is 1.61. The van der Waals surface area contributed by atoms with E-state index in [0.29, 0.717) is 11.3 Å². The molecule has 19 heavy (non-hydrogen) atoms. The van der Waals surface area contributed by atoms with Gasteiger partial charge in [0.2, 0.25) is 0 Å². The maximum atomic E-state index is 11.3. The second-order valence-corrected chi connectivity index (χ2v) is 3.80. The third-order valence-electron chi connectivity index (χ3n) is 2.61. The highest BCUT2D eigenvalue weighted by molar-refractivity contribution is 5.89. The number of ether oxygens (including phenoxy) is 1. The van der Waals surface area contributed by atoms with Gasteiger partial charge in [0.25, 0.3) is 0 Å². The van der Waals surface area contributed by atoms with Crippen LogP contribution in [0, 0.1) is 11.3 Å². The second-order valence-electron chi connectivity index (χ2n) is 3.80. The summed E-state index contributed by atoms with van der Waals surface area (Å²) in [6.45, 7) is 0. The van der Waals surface area contributed by atoms with Gasteiger partial charge in [0.1, 0.15) is 17.6 Å². The number of methoxy groups -OCH3 is 1. The van der Waals surface area contributed by atoms with Crippen molar-refractivity contribution in [3.8, 4) is 17.4 Å². The van der Waals surface area contributed by atoms with E-state index in [-0.39, 0.29) is 5.76 Å². The summed E-state index contributed by atoms with van der Waals surface area (Å²) in [5.74, 6) is 0.293. The molecule has 0 saturated heterocycles. The highest BCUT2D eigenvalue weighted by Gasteiger charge is 2.12. The lowest BCUT2D eigenvalue weighted by Gasteiger charge is -2.01. The van der Waals surface area contributed by atoms with E-state index < -0.39 is 12.1 Å². The number of hydrogen-bond acceptors (Lipinski definition) is 5. The predicted molar refractivity (Wildman–Crippen MR) is 66.1 cm³/mol. The van der Waals surface area contributed by atoms with Gasteiger partial charge in [-0.2, -0.15) is 5.26 Å². The highest BCUT2D eigenvalue weighted by atomic mass is 16.5. The van der Waals surface area contributed by atoms with Crippen molar-refractivity contribution in [1.82, 2.24) is 0 Å². The molecular weight excluding hydrogens is 246 g/mol. The molecule has 2 aromatic rings. The Morgan fingerprint density at radius 2 is 2.00 bits per heavy atom. The molecule has 5 nitrogen and oxygen atoms in total. The van der Waals surface area contributed by atoms with Gasteiger partial charge in [-0.15, -0.1) is 0 Å². The van der Waals surface area contributed by atoms with Crippen molar-refractivity contribution < 1.29 is 19.1 Å². The number of rotatable bonds is 3. The largest absolute Gasteiger partial charge is 0.465 e. The van der Waals surface area contributed by atoms with Gasteiger partial charge >= 0.3 is 5.97 Å². The number of hydrogen-bond donors (Lipinski definition) is 1. The Labute approximate surface area is 109 Å². The topological polar surface area (TPSA) is 83.5 Å². The molecule has 0 aliphatic rings. The van der Waals surface area contributed by atoms with Crippen LogP contribution in [0.3, 0.4) is 0 Å². The average Bonchev–Trinajstić information content (AvgIpc) is 2.95. The smallest absolute Gasteiger partial charge is 0.337 e. The molecular formula is C14H11NO4. The molecule has 1 atom stereocenters. The number of esters is 1. The zero-order valence-corrected chi connectivity index (χ0v) is 10.2. The summed E-state index contributed by atoms with van der Waals surface area (Å²) >= 11 is 0. The van der Waals surface area contributed by atoms with Crippen LogP contribution in [0.15, 0.2) is 40.8 Å². The summed E-state index contributed by atoms with van der Waals surface area (Å²) in [5, 5.41) is 17.9. The molecule has 0 aliphatic heterocycles. The number of nitriles is 1. The average molecular weight is 257 g/mol. The Hall–Kier alpha value is -2.58. The van der Waals surface area contributed by atoms with Gasteiger partial charge in [0.15, 0.2) is 6.10 Å². The summed E-state index contributed by atoms with van der Waals surface area (Å²) in [6, 6.07) is 11.5. The van der Waals surface area contributed by atoms with E-state index in [1.54, 1.807) is 36.4 Å². The first-order valence-electron chi connectivity index (χ1n) is 5.52. The Morgan fingerprint density at radius 1 is 1.32 bits per heavy atom. The van der Waals surface area contributed by atoms with Gasteiger partial charge < -0.3 is 14.3 Å². The maximum absolute atomic E-state index is 11.3. The van der Waals surface area contributed by atoms with Crippen molar-refractivity contribution in [2.45, 2.75) is 6.10 Å². The number of aliphatic hydroxyl groups is 1. The molecule has 0 amide bonds. The van der Waals surface area contributed by atoms with Crippen molar-refractivity contribution in [3.05, 3.63) is 47.7 Å². The molecule has 0 unspecified atom stereocenters. The van der Waals surface area contributed by atoms with Gasteiger partial charge in [-0.1, -0.05) is 12.1 Å². The van der Waals surface area contributed by atoms with Gasteiger partial charge in [-0.3, -0.25) is 0 Å².